The van der Waals surface area contributed by atoms with Crippen LogP contribution in [0.15, 0.2) is 59.7 Å². The zero-order chi connectivity index (χ0) is 11.4. The first-order chi connectivity index (χ1) is 7.79. The molecular formula is C12H10NO2S-. The highest BCUT2D eigenvalue weighted by Crippen LogP contribution is 2.20. The third-order valence-electron chi connectivity index (χ3n) is 2.18. The van der Waals surface area contributed by atoms with E-state index in [-0.39, 0.29) is 0 Å². The predicted molar refractivity (Wildman–Crippen MR) is 63.0 cm³/mol. The van der Waals surface area contributed by atoms with Crippen molar-refractivity contribution in [3.8, 4) is 0 Å². The summed E-state index contributed by atoms with van der Waals surface area (Å²) in [6, 6.07) is 6.88. The summed E-state index contributed by atoms with van der Waals surface area (Å²) in [5, 5.41) is 3.04. The van der Waals surface area contributed by atoms with Gasteiger partial charge in [-0.05, 0) is 29.3 Å². The molecule has 1 aliphatic rings. The van der Waals surface area contributed by atoms with Crippen molar-refractivity contribution in [3.05, 3.63) is 60.3 Å². The molecule has 1 aromatic rings. The average Bonchev–Trinajstić information content (AvgIpc) is 2.57. The maximum atomic E-state index is 11.1. The summed E-state index contributed by atoms with van der Waals surface area (Å²) < 4.78 is 22.1. The molecule has 1 N–H and O–H groups in total. The fourth-order valence-electron chi connectivity index (χ4n) is 1.46. The van der Waals surface area contributed by atoms with Gasteiger partial charge in [-0.25, -0.2) is 0 Å². The van der Waals surface area contributed by atoms with E-state index in [4.69, 9.17) is 0 Å². The minimum atomic E-state index is -2.23. The monoisotopic (exact) mass is 232 g/mol. The maximum absolute atomic E-state index is 11.1. The summed E-state index contributed by atoms with van der Waals surface area (Å²) in [4.78, 5) is 0.296. The summed E-state index contributed by atoms with van der Waals surface area (Å²) in [6.07, 6.45) is 9.18. The lowest BCUT2D eigenvalue weighted by atomic mass is 10.1. The van der Waals surface area contributed by atoms with Gasteiger partial charge in [-0.3, -0.25) is 4.21 Å². The molecule has 0 saturated carbocycles. The lowest BCUT2D eigenvalue weighted by molar-refractivity contribution is 0.537. The second-order valence-corrected chi connectivity index (χ2v) is 4.11. The highest BCUT2D eigenvalue weighted by atomic mass is 32.2. The van der Waals surface area contributed by atoms with Crippen molar-refractivity contribution >= 4 is 16.8 Å². The van der Waals surface area contributed by atoms with Gasteiger partial charge in [0, 0.05) is 22.4 Å². The summed E-state index contributed by atoms with van der Waals surface area (Å²) in [5.41, 5.74) is 1.44. The molecule has 0 amide bonds. The zero-order valence-corrected chi connectivity index (χ0v) is 9.24. The van der Waals surface area contributed by atoms with Crippen LogP contribution in [0.5, 0.6) is 0 Å². The van der Waals surface area contributed by atoms with E-state index in [1.165, 1.54) is 0 Å². The molecule has 16 heavy (non-hydrogen) atoms. The molecule has 0 saturated heterocycles. The second kappa shape index (κ2) is 4.92. The molecule has 3 nitrogen and oxygen atoms in total. The predicted octanol–water partition coefficient (Wildman–Crippen LogP) is 1.94. The summed E-state index contributed by atoms with van der Waals surface area (Å²) in [5.74, 6) is 0. The Morgan fingerprint density at radius 2 is 1.94 bits per heavy atom. The van der Waals surface area contributed by atoms with Gasteiger partial charge in [0.1, 0.15) is 0 Å². The summed E-state index contributed by atoms with van der Waals surface area (Å²) in [6.45, 7) is 0. The van der Waals surface area contributed by atoms with Crippen molar-refractivity contribution in [1.82, 2.24) is 5.32 Å². The molecule has 0 aliphatic carbocycles. The van der Waals surface area contributed by atoms with Crippen LogP contribution in [0.4, 0.5) is 0 Å². The Morgan fingerprint density at radius 3 is 2.75 bits per heavy atom. The molecule has 1 unspecified atom stereocenters. The van der Waals surface area contributed by atoms with Crippen LogP contribution in [0.1, 0.15) is 5.56 Å². The van der Waals surface area contributed by atoms with Crippen LogP contribution in [0.25, 0.3) is 5.70 Å². The molecule has 4 heteroatoms. The molecule has 1 atom stereocenters. The van der Waals surface area contributed by atoms with E-state index in [9.17, 15) is 8.76 Å². The molecule has 2 rings (SSSR count). The molecule has 1 heterocycles. The van der Waals surface area contributed by atoms with Gasteiger partial charge in [0.05, 0.1) is 0 Å². The van der Waals surface area contributed by atoms with Crippen molar-refractivity contribution in [2.75, 3.05) is 0 Å². The van der Waals surface area contributed by atoms with Crippen molar-refractivity contribution in [1.29, 1.82) is 0 Å². The summed E-state index contributed by atoms with van der Waals surface area (Å²) >= 11 is -2.23. The van der Waals surface area contributed by atoms with Crippen LogP contribution in [-0.4, -0.2) is 8.76 Å². The van der Waals surface area contributed by atoms with Gasteiger partial charge in [0.15, 0.2) is 0 Å². The largest absolute Gasteiger partial charge is 0.768 e. The van der Waals surface area contributed by atoms with E-state index in [1.54, 1.807) is 24.4 Å². The van der Waals surface area contributed by atoms with Crippen molar-refractivity contribution < 1.29 is 8.76 Å². The lowest BCUT2D eigenvalue weighted by Gasteiger charge is -2.13. The van der Waals surface area contributed by atoms with E-state index in [0.717, 1.165) is 5.70 Å². The number of allylic oxidation sites excluding steroid dienone is 4. The molecule has 0 spiro atoms. The molecule has 1 aliphatic heterocycles. The number of nitrogens with one attached hydrogen (secondary N) is 1. The standard InChI is InChI=1S/C12H11NO2S/c14-16(15)12-8-4-3-6-10(12)11-7-2-1-5-9-13-11/h1-9,13H,(H,14,15)/p-1. The van der Waals surface area contributed by atoms with E-state index in [0.29, 0.717) is 10.5 Å². The Hall–Kier alpha value is -1.65. The first-order valence-corrected chi connectivity index (χ1v) is 5.85. The highest BCUT2D eigenvalue weighted by molar-refractivity contribution is 7.79. The number of rotatable bonds is 2. The highest BCUT2D eigenvalue weighted by Gasteiger charge is 2.06. The van der Waals surface area contributed by atoms with Crippen molar-refractivity contribution in [3.63, 3.8) is 0 Å². The molecule has 1 aromatic carbocycles. The normalized spacial score (nSPS) is 16.2. The molecule has 0 bridgehead atoms. The fraction of sp³-hybridized carbons (Fsp3) is 0. The smallest absolute Gasteiger partial charge is 0.0465 e. The third kappa shape index (κ3) is 2.29. The quantitative estimate of drug-likeness (QED) is 0.793. The molecule has 0 fully saturated rings. The molecule has 0 aromatic heterocycles. The summed E-state index contributed by atoms with van der Waals surface area (Å²) in [7, 11) is 0. The van der Waals surface area contributed by atoms with Gasteiger partial charge in [-0.15, -0.1) is 0 Å². The maximum Gasteiger partial charge on any atom is 0.0465 e. The average molecular weight is 232 g/mol. The van der Waals surface area contributed by atoms with Gasteiger partial charge < -0.3 is 9.87 Å². The Balaban J connectivity index is 2.47. The van der Waals surface area contributed by atoms with Crippen LogP contribution >= 0.6 is 0 Å². The van der Waals surface area contributed by atoms with Crippen LogP contribution in [0.2, 0.25) is 0 Å². The van der Waals surface area contributed by atoms with E-state index in [1.807, 2.05) is 30.4 Å². The van der Waals surface area contributed by atoms with Crippen LogP contribution in [0, 0.1) is 0 Å². The fourth-order valence-corrected chi connectivity index (χ4v) is 2.01. The Kier molecular flexibility index (Phi) is 3.34. The van der Waals surface area contributed by atoms with Crippen LogP contribution in [0.3, 0.4) is 0 Å². The van der Waals surface area contributed by atoms with Gasteiger partial charge >= 0.3 is 0 Å². The lowest BCUT2D eigenvalue weighted by Crippen LogP contribution is -2.06. The van der Waals surface area contributed by atoms with Crippen LogP contribution < -0.4 is 5.32 Å². The van der Waals surface area contributed by atoms with Crippen LogP contribution in [-0.2, 0) is 11.1 Å². The minimum Gasteiger partial charge on any atom is -0.768 e. The van der Waals surface area contributed by atoms with Gasteiger partial charge in [0.2, 0.25) is 0 Å². The molecule has 0 radical (unpaired) electrons. The molecule has 82 valence electrons. The van der Waals surface area contributed by atoms with E-state index < -0.39 is 11.1 Å². The van der Waals surface area contributed by atoms with Crippen molar-refractivity contribution in [2.24, 2.45) is 0 Å². The Bertz CT molecular complexity index is 503. The molecular weight excluding hydrogens is 222 g/mol. The van der Waals surface area contributed by atoms with E-state index >= 15 is 0 Å². The Morgan fingerprint density at radius 1 is 1.12 bits per heavy atom. The number of hydrogen-bond acceptors (Lipinski definition) is 3. The van der Waals surface area contributed by atoms with Gasteiger partial charge in [0.25, 0.3) is 0 Å². The first-order valence-electron chi connectivity index (χ1n) is 4.78. The second-order valence-electron chi connectivity index (χ2n) is 3.20. The van der Waals surface area contributed by atoms with E-state index in [2.05, 4.69) is 5.32 Å². The minimum absolute atomic E-state index is 0.296. The van der Waals surface area contributed by atoms with Gasteiger partial charge in [-0.2, -0.15) is 0 Å². The topological polar surface area (TPSA) is 52.2 Å². The number of hydrogen-bond donors (Lipinski definition) is 1. The third-order valence-corrected chi connectivity index (χ3v) is 2.89. The zero-order valence-electron chi connectivity index (χ0n) is 8.42. The van der Waals surface area contributed by atoms with Gasteiger partial charge in [-0.1, -0.05) is 30.4 Å². The Labute approximate surface area is 96.5 Å². The SMILES string of the molecule is O=S([O-])c1ccccc1C1=CC=CC=CN1. The first kappa shape index (κ1) is 10.9. The van der Waals surface area contributed by atoms with Crippen molar-refractivity contribution in [2.45, 2.75) is 4.90 Å². The number of benzene rings is 1.